The summed E-state index contributed by atoms with van der Waals surface area (Å²) in [5, 5.41) is 7.45. The summed E-state index contributed by atoms with van der Waals surface area (Å²) in [5.41, 5.74) is 9.34. The third-order valence-electron chi connectivity index (χ3n) is 9.72. The minimum Gasteiger partial charge on any atom is -0.276 e. The fourth-order valence-corrected chi connectivity index (χ4v) is 9.23. The SMILES string of the molecule is CC1(C)c2sc3c(ccc4c5ccccc5n(-c5nc(-c6ccccc6)c6ccccc6n5)c43)c2-c2ccc3ccccc3c21. The normalized spacial score (nSPS) is 13.7. The number of fused-ring (bicyclic) bond motifs is 12. The Hall–Kier alpha value is -5.32. The zero-order valence-corrected chi connectivity index (χ0v) is 25.7. The highest BCUT2D eigenvalue weighted by molar-refractivity contribution is 7.21. The monoisotopic (exact) mass is 593 g/mol. The molecule has 0 spiro atoms. The van der Waals surface area contributed by atoms with Gasteiger partial charge in [0.2, 0.25) is 5.95 Å². The van der Waals surface area contributed by atoms with Crippen molar-refractivity contribution in [1.29, 1.82) is 0 Å². The molecule has 0 bridgehead atoms. The van der Waals surface area contributed by atoms with Crippen LogP contribution in [0.2, 0.25) is 0 Å². The quantitative estimate of drug-likeness (QED) is 0.200. The first kappa shape index (κ1) is 25.1. The number of thiophene rings is 1. The summed E-state index contributed by atoms with van der Waals surface area (Å²) in [6.45, 7) is 4.79. The van der Waals surface area contributed by atoms with Gasteiger partial charge in [-0.2, -0.15) is 0 Å². The Morgan fingerprint density at radius 3 is 2.18 bits per heavy atom. The van der Waals surface area contributed by atoms with E-state index in [2.05, 4.69) is 146 Å². The lowest BCUT2D eigenvalue weighted by molar-refractivity contribution is 0.680. The lowest BCUT2D eigenvalue weighted by Crippen LogP contribution is -2.14. The second-order valence-corrected chi connectivity index (χ2v) is 13.6. The van der Waals surface area contributed by atoms with E-state index in [1.165, 1.54) is 58.7 Å². The Morgan fingerprint density at radius 2 is 1.31 bits per heavy atom. The molecule has 3 nitrogen and oxygen atoms in total. The van der Waals surface area contributed by atoms with Gasteiger partial charge >= 0.3 is 0 Å². The molecule has 4 heteroatoms. The van der Waals surface area contributed by atoms with Gasteiger partial charge in [-0.25, -0.2) is 9.97 Å². The van der Waals surface area contributed by atoms with Crippen LogP contribution in [0.1, 0.15) is 24.3 Å². The number of rotatable bonds is 2. The Kier molecular flexibility index (Phi) is 4.94. The molecule has 3 aromatic heterocycles. The largest absolute Gasteiger partial charge is 0.276 e. The lowest BCUT2D eigenvalue weighted by Gasteiger charge is -2.22. The molecular weight excluding hydrogens is 567 g/mol. The first-order valence-corrected chi connectivity index (χ1v) is 16.3. The molecule has 6 aromatic carbocycles. The van der Waals surface area contributed by atoms with Gasteiger partial charge < -0.3 is 0 Å². The third-order valence-corrected chi connectivity index (χ3v) is 11.3. The average molecular weight is 594 g/mol. The highest BCUT2D eigenvalue weighted by Crippen LogP contribution is 2.58. The highest BCUT2D eigenvalue weighted by Gasteiger charge is 2.40. The number of aromatic nitrogens is 3. The highest BCUT2D eigenvalue weighted by atomic mass is 32.1. The van der Waals surface area contributed by atoms with Crippen molar-refractivity contribution in [1.82, 2.24) is 14.5 Å². The summed E-state index contributed by atoms with van der Waals surface area (Å²) in [5.74, 6) is 0.700. The standard InChI is InChI=1S/C41H27N3S/c1-41(2)35-26-15-7-6-12-24(26)20-21-30(35)34-31-23-22-28-27-16-9-11-19-33(27)44(37(28)38(31)45-39(34)41)40-42-32-18-10-8-17-29(32)36(43-40)25-13-4-3-5-14-25/h3-23H,1-2H3. The molecule has 45 heavy (non-hydrogen) atoms. The fourth-order valence-electron chi connectivity index (χ4n) is 7.77. The molecule has 1 aliphatic carbocycles. The molecule has 10 rings (SSSR count). The molecule has 1 aliphatic rings. The summed E-state index contributed by atoms with van der Waals surface area (Å²) in [6, 6.07) is 45.6. The van der Waals surface area contributed by atoms with Gasteiger partial charge in [-0.3, -0.25) is 4.57 Å². The van der Waals surface area contributed by atoms with Gasteiger partial charge in [0.25, 0.3) is 0 Å². The maximum Gasteiger partial charge on any atom is 0.235 e. The fraction of sp³-hybridized carbons (Fsp3) is 0.0732. The molecule has 9 aromatic rings. The van der Waals surface area contributed by atoms with Gasteiger partial charge in [-0.15, -0.1) is 11.3 Å². The molecule has 0 amide bonds. The van der Waals surface area contributed by atoms with Crippen molar-refractivity contribution in [3.63, 3.8) is 0 Å². The van der Waals surface area contributed by atoms with Crippen molar-refractivity contribution in [2.45, 2.75) is 19.3 Å². The van der Waals surface area contributed by atoms with Crippen LogP contribution in [0.15, 0.2) is 127 Å². The number of nitrogens with zero attached hydrogens (tertiary/aromatic N) is 3. The van der Waals surface area contributed by atoms with Crippen molar-refractivity contribution >= 4 is 64.9 Å². The first-order valence-electron chi connectivity index (χ1n) is 15.4. The predicted octanol–water partition coefficient (Wildman–Crippen LogP) is 11.1. The Balaban J connectivity index is 1.34. The van der Waals surface area contributed by atoms with E-state index in [1.807, 2.05) is 11.3 Å². The van der Waals surface area contributed by atoms with Crippen LogP contribution in [0.4, 0.5) is 0 Å². The number of benzene rings is 6. The van der Waals surface area contributed by atoms with Crippen molar-refractivity contribution < 1.29 is 0 Å². The molecule has 0 atom stereocenters. The van der Waals surface area contributed by atoms with E-state index in [9.17, 15) is 0 Å². The van der Waals surface area contributed by atoms with E-state index in [4.69, 9.17) is 9.97 Å². The van der Waals surface area contributed by atoms with Crippen LogP contribution in [-0.4, -0.2) is 14.5 Å². The minimum absolute atomic E-state index is 0.113. The van der Waals surface area contributed by atoms with E-state index >= 15 is 0 Å². The third kappa shape index (κ3) is 3.29. The van der Waals surface area contributed by atoms with Crippen molar-refractivity contribution in [2.75, 3.05) is 0 Å². The lowest BCUT2D eigenvalue weighted by atomic mass is 9.83. The van der Waals surface area contributed by atoms with Crippen molar-refractivity contribution in [3.8, 4) is 28.3 Å². The molecule has 0 radical (unpaired) electrons. The summed E-state index contributed by atoms with van der Waals surface area (Å²) in [6.07, 6.45) is 0. The van der Waals surface area contributed by atoms with Crippen LogP contribution in [-0.2, 0) is 5.41 Å². The molecule has 0 saturated heterocycles. The zero-order valence-electron chi connectivity index (χ0n) is 24.9. The molecule has 212 valence electrons. The van der Waals surface area contributed by atoms with Crippen molar-refractivity contribution in [3.05, 3.63) is 138 Å². The van der Waals surface area contributed by atoms with E-state index in [-0.39, 0.29) is 5.41 Å². The van der Waals surface area contributed by atoms with Crippen LogP contribution in [0.25, 0.3) is 81.9 Å². The van der Waals surface area contributed by atoms with Gasteiger partial charge in [0.15, 0.2) is 0 Å². The molecule has 0 saturated carbocycles. The van der Waals surface area contributed by atoms with Gasteiger partial charge in [0.05, 0.1) is 26.9 Å². The van der Waals surface area contributed by atoms with Crippen LogP contribution in [0.3, 0.4) is 0 Å². The second kappa shape index (κ2) is 8.87. The van der Waals surface area contributed by atoms with E-state index < -0.39 is 0 Å². The molecule has 0 aliphatic heterocycles. The Labute approximate surface area is 264 Å². The van der Waals surface area contributed by atoms with Crippen LogP contribution < -0.4 is 0 Å². The van der Waals surface area contributed by atoms with Gasteiger partial charge in [0, 0.05) is 43.0 Å². The maximum atomic E-state index is 5.34. The predicted molar refractivity (Wildman–Crippen MR) is 190 cm³/mol. The Bertz CT molecular complexity index is 2680. The average Bonchev–Trinajstić information content (AvgIpc) is 3.71. The van der Waals surface area contributed by atoms with Gasteiger partial charge in [-0.1, -0.05) is 129 Å². The number of hydrogen-bond donors (Lipinski definition) is 0. The molecular formula is C41H27N3S. The van der Waals surface area contributed by atoms with Crippen LogP contribution in [0, 0.1) is 0 Å². The van der Waals surface area contributed by atoms with Gasteiger partial charge in [-0.05, 0) is 34.0 Å². The molecule has 0 fully saturated rings. The summed E-state index contributed by atoms with van der Waals surface area (Å²) >= 11 is 1.94. The van der Waals surface area contributed by atoms with E-state index in [1.54, 1.807) is 0 Å². The zero-order chi connectivity index (χ0) is 29.9. The summed E-state index contributed by atoms with van der Waals surface area (Å²) < 4.78 is 3.60. The first-order chi connectivity index (χ1) is 22.1. The molecule has 0 N–H and O–H groups in total. The van der Waals surface area contributed by atoms with E-state index in [0.29, 0.717) is 5.95 Å². The van der Waals surface area contributed by atoms with Crippen LogP contribution >= 0.6 is 11.3 Å². The smallest absolute Gasteiger partial charge is 0.235 e. The summed E-state index contributed by atoms with van der Waals surface area (Å²) in [7, 11) is 0. The maximum absolute atomic E-state index is 5.34. The topological polar surface area (TPSA) is 30.7 Å². The van der Waals surface area contributed by atoms with Crippen LogP contribution in [0.5, 0.6) is 0 Å². The molecule has 0 unspecified atom stereocenters. The summed E-state index contributed by atoms with van der Waals surface area (Å²) in [4.78, 5) is 12.0. The number of hydrogen-bond acceptors (Lipinski definition) is 3. The van der Waals surface area contributed by atoms with Gasteiger partial charge in [0.1, 0.15) is 0 Å². The Morgan fingerprint density at radius 1 is 0.600 bits per heavy atom. The molecule has 3 heterocycles. The van der Waals surface area contributed by atoms with Crippen molar-refractivity contribution in [2.24, 2.45) is 0 Å². The number of para-hydroxylation sites is 2. The van der Waals surface area contributed by atoms with E-state index in [0.717, 1.165) is 27.7 Å². The minimum atomic E-state index is -0.113. The second-order valence-electron chi connectivity index (χ2n) is 12.6.